The summed E-state index contributed by atoms with van der Waals surface area (Å²) in [7, 11) is -2.19. The zero-order valence-corrected chi connectivity index (χ0v) is 17.2. The third-order valence-corrected chi connectivity index (χ3v) is 9.44. The highest BCUT2D eigenvalue weighted by molar-refractivity contribution is 6.83. The molecule has 0 saturated carbocycles. The summed E-state index contributed by atoms with van der Waals surface area (Å²) in [5.74, 6) is -0.828. The van der Waals surface area contributed by atoms with Crippen molar-refractivity contribution in [2.24, 2.45) is 0 Å². The second kappa shape index (κ2) is 9.33. The van der Waals surface area contributed by atoms with E-state index < -0.39 is 14.0 Å². The minimum Gasteiger partial charge on any atom is -0.478 e. The maximum absolute atomic E-state index is 11.7. The number of carbonyl (C=O) groups is 1. The maximum atomic E-state index is 11.7. The minimum absolute atomic E-state index is 0.453. The fourth-order valence-electron chi connectivity index (χ4n) is 3.87. The second-order valence-corrected chi connectivity index (χ2v) is 11.6. The molecule has 142 valence electrons. The Bertz CT molecular complexity index is 817. The van der Waals surface area contributed by atoms with E-state index in [2.05, 4.69) is 78.5 Å². The summed E-state index contributed by atoms with van der Waals surface area (Å²) >= 11 is 0. The van der Waals surface area contributed by atoms with Crippen molar-refractivity contribution in [3.8, 4) is 0 Å². The third-order valence-electron chi connectivity index (χ3n) is 5.06. The van der Waals surface area contributed by atoms with Gasteiger partial charge in [-0.15, -0.1) is 0 Å². The normalized spacial score (nSPS) is 12.0. The van der Waals surface area contributed by atoms with Gasteiger partial charge in [-0.25, -0.2) is 4.79 Å². The highest BCUT2D eigenvalue weighted by Crippen LogP contribution is 2.25. The van der Waals surface area contributed by atoms with E-state index in [9.17, 15) is 9.90 Å². The molecule has 1 N–H and O–H groups in total. The van der Waals surface area contributed by atoms with Gasteiger partial charge in [0.1, 0.15) is 0 Å². The molecule has 0 amide bonds. The molecule has 0 aliphatic rings. The quantitative estimate of drug-likeness (QED) is 0.418. The first-order valence-corrected chi connectivity index (χ1v) is 12.3. The van der Waals surface area contributed by atoms with Crippen LogP contribution in [0.15, 0.2) is 102 Å². The Hall–Kier alpha value is -2.91. The van der Waals surface area contributed by atoms with Gasteiger partial charge in [0.25, 0.3) is 0 Å². The van der Waals surface area contributed by atoms with Crippen LogP contribution in [0.2, 0.25) is 0 Å². The lowest BCUT2D eigenvalue weighted by Gasteiger charge is -2.30. The average Bonchev–Trinajstić information content (AvgIpc) is 2.70. The van der Waals surface area contributed by atoms with Crippen LogP contribution < -0.4 is 0 Å². The molecule has 0 aromatic heterocycles. The number of benzene rings is 3. The van der Waals surface area contributed by atoms with Crippen LogP contribution in [0.5, 0.6) is 0 Å². The smallest absolute Gasteiger partial charge is 0.330 e. The van der Waals surface area contributed by atoms with Gasteiger partial charge in [0, 0.05) is 5.57 Å². The molecule has 0 bridgehead atoms. The molecule has 0 aliphatic carbocycles. The molecule has 3 aromatic rings. The molecule has 0 radical (unpaired) electrons. The molecule has 0 saturated heterocycles. The lowest BCUT2D eigenvalue weighted by Crippen LogP contribution is -2.43. The Morgan fingerprint density at radius 2 is 1.04 bits per heavy atom. The summed E-state index contributed by atoms with van der Waals surface area (Å²) in [6, 6.07) is 34.1. The Labute approximate surface area is 168 Å². The Morgan fingerprint density at radius 3 is 1.32 bits per heavy atom. The Kier molecular flexibility index (Phi) is 6.61. The van der Waals surface area contributed by atoms with E-state index in [1.807, 2.05) is 18.2 Å². The topological polar surface area (TPSA) is 37.3 Å². The summed E-state index contributed by atoms with van der Waals surface area (Å²) in [5, 5.41) is 9.60. The minimum atomic E-state index is -2.19. The van der Waals surface area contributed by atoms with Crippen LogP contribution in [0, 0.1) is 0 Å². The van der Waals surface area contributed by atoms with Crippen molar-refractivity contribution < 1.29 is 9.90 Å². The summed E-state index contributed by atoms with van der Waals surface area (Å²) < 4.78 is 0. The first-order chi connectivity index (χ1) is 13.6. The fourth-order valence-corrected chi connectivity index (χ4v) is 8.74. The van der Waals surface area contributed by atoms with E-state index in [4.69, 9.17) is 0 Å². The number of hydrogen-bond acceptors (Lipinski definition) is 1. The van der Waals surface area contributed by atoms with Crippen LogP contribution in [-0.2, 0) is 22.9 Å². The predicted molar refractivity (Wildman–Crippen MR) is 118 cm³/mol. The number of carboxylic acid groups (broad SMARTS) is 1. The average molecular weight is 387 g/mol. The van der Waals surface area contributed by atoms with Gasteiger partial charge in [-0.2, -0.15) is 0 Å². The van der Waals surface area contributed by atoms with E-state index >= 15 is 0 Å². The fraction of sp³-hybridized carbons (Fsp3) is 0.160. The molecule has 28 heavy (non-hydrogen) atoms. The van der Waals surface area contributed by atoms with E-state index in [-0.39, 0.29) is 0 Å². The van der Waals surface area contributed by atoms with Crippen LogP contribution in [-0.4, -0.2) is 19.1 Å². The van der Waals surface area contributed by atoms with Crippen LogP contribution in [0.4, 0.5) is 0 Å². The highest BCUT2D eigenvalue weighted by Gasteiger charge is 2.32. The van der Waals surface area contributed by atoms with E-state index in [1.165, 1.54) is 16.7 Å². The number of carboxylic acids is 1. The number of rotatable bonds is 8. The molecule has 0 atom stereocenters. The zero-order valence-electron chi connectivity index (χ0n) is 16.2. The summed E-state index contributed by atoms with van der Waals surface area (Å²) in [6.45, 7) is 1.73. The van der Waals surface area contributed by atoms with Gasteiger partial charge in [0.15, 0.2) is 0 Å². The summed E-state index contributed by atoms with van der Waals surface area (Å²) in [4.78, 5) is 11.7. The van der Waals surface area contributed by atoms with Crippen LogP contribution in [0.1, 0.15) is 23.6 Å². The molecule has 3 aromatic carbocycles. The van der Waals surface area contributed by atoms with Crippen molar-refractivity contribution in [1.29, 1.82) is 0 Å². The Morgan fingerprint density at radius 1 is 0.714 bits per heavy atom. The molecule has 0 heterocycles. The summed E-state index contributed by atoms with van der Waals surface area (Å²) in [6.07, 6.45) is 0. The van der Waals surface area contributed by atoms with Crippen molar-refractivity contribution in [2.75, 3.05) is 0 Å². The lowest BCUT2D eigenvalue weighted by molar-refractivity contribution is -0.132. The van der Waals surface area contributed by atoms with Gasteiger partial charge in [0.2, 0.25) is 0 Å². The van der Waals surface area contributed by atoms with Crippen LogP contribution in [0.25, 0.3) is 0 Å². The van der Waals surface area contributed by atoms with Gasteiger partial charge in [-0.05, 0) is 25.1 Å². The first-order valence-electron chi connectivity index (χ1n) is 9.61. The molecular weight excluding hydrogens is 360 g/mol. The molecular formula is C25H26O2Si. The molecule has 3 heteroatoms. The van der Waals surface area contributed by atoms with Crippen molar-refractivity contribution in [3.05, 3.63) is 119 Å². The SMILES string of the molecule is C/C(=C\[Si](Cc1ccccc1)(Cc1ccccc1)Cc1ccccc1)C(=O)O. The summed E-state index contributed by atoms with van der Waals surface area (Å²) in [5.41, 5.74) is 6.39. The molecule has 0 spiro atoms. The molecule has 0 fully saturated rings. The lowest BCUT2D eigenvalue weighted by atomic mass is 10.2. The molecule has 0 unspecified atom stereocenters. The van der Waals surface area contributed by atoms with Crippen molar-refractivity contribution in [1.82, 2.24) is 0 Å². The largest absolute Gasteiger partial charge is 0.478 e. The third kappa shape index (κ3) is 5.54. The van der Waals surface area contributed by atoms with Gasteiger partial charge >= 0.3 is 5.97 Å². The van der Waals surface area contributed by atoms with Crippen molar-refractivity contribution in [3.63, 3.8) is 0 Å². The standard InChI is InChI=1S/C25H26O2Si/c1-21(25(26)27)17-28(18-22-11-5-2-6-12-22,19-23-13-7-3-8-14-23)20-24-15-9-4-10-16-24/h2-17H,18-20H2,1H3,(H,26,27)/b21-17+. The van der Waals surface area contributed by atoms with Crippen LogP contribution in [0.3, 0.4) is 0 Å². The van der Waals surface area contributed by atoms with E-state index in [0.717, 1.165) is 18.1 Å². The van der Waals surface area contributed by atoms with Gasteiger partial charge < -0.3 is 5.11 Å². The van der Waals surface area contributed by atoms with Gasteiger partial charge in [-0.1, -0.05) is 113 Å². The van der Waals surface area contributed by atoms with E-state index in [1.54, 1.807) is 6.92 Å². The van der Waals surface area contributed by atoms with Crippen LogP contribution >= 0.6 is 0 Å². The molecule has 2 nitrogen and oxygen atoms in total. The van der Waals surface area contributed by atoms with Crippen molar-refractivity contribution in [2.45, 2.75) is 25.1 Å². The maximum Gasteiger partial charge on any atom is 0.330 e. The molecule has 3 rings (SSSR count). The van der Waals surface area contributed by atoms with E-state index in [0.29, 0.717) is 5.57 Å². The van der Waals surface area contributed by atoms with Crippen molar-refractivity contribution >= 4 is 14.0 Å². The zero-order chi connectivity index (χ0) is 19.8. The predicted octanol–water partition coefficient (Wildman–Crippen LogP) is 5.35. The number of hydrogen-bond donors (Lipinski definition) is 1. The van der Waals surface area contributed by atoms with Gasteiger partial charge in [0.05, 0.1) is 8.07 Å². The van der Waals surface area contributed by atoms with Gasteiger partial charge in [-0.3, -0.25) is 0 Å². The number of aliphatic carboxylic acids is 1. The first kappa shape index (κ1) is 19.8. The highest BCUT2D eigenvalue weighted by atomic mass is 28.3. The second-order valence-electron chi connectivity index (χ2n) is 7.48. The molecule has 0 aliphatic heterocycles. The monoisotopic (exact) mass is 386 g/mol. The Balaban J connectivity index is 2.08.